The summed E-state index contributed by atoms with van der Waals surface area (Å²) in [6, 6.07) is 0. The van der Waals surface area contributed by atoms with Crippen molar-refractivity contribution in [3.05, 3.63) is 0 Å². The zero-order chi connectivity index (χ0) is 16.6. The Morgan fingerprint density at radius 2 is 1.62 bits per heavy atom. The van der Waals surface area contributed by atoms with Crippen molar-refractivity contribution in [2.45, 2.75) is 76.3 Å². The molecule has 7 nitrogen and oxygen atoms in total. The van der Waals surface area contributed by atoms with E-state index in [1.54, 1.807) is 34.6 Å². The summed E-state index contributed by atoms with van der Waals surface area (Å²) in [7, 11) is 1.43. The van der Waals surface area contributed by atoms with Gasteiger partial charge in [0.15, 0.2) is 6.10 Å². The maximum absolute atomic E-state index is 11.4. The molecule has 0 aromatic heterocycles. The maximum Gasteiger partial charge on any atom is 0.335 e. The molecule has 0 aliphatic carbocycles. The molecule has 0 amide bonds. The molecule has 1 aliphatic heterocycles. The van der Waals surface area contributed by atoms with Gasteiger partial charge in [0.2, 0.25) is 0 Å². The zero-order valence-electron chi connectivity index (χ0n) is 13.4. The molecular weight excluding hydrogens is 280 g/mol. The molecule has 0 aromatic carbocycles. The van der Waals surface area contributed by atoms with Crippen molar-refractivity contribution in [3.8, 4) is 0 Å². The second-order valence-electron chi connectivity index (χ2n) is 6.80. The van der Waals surface area contributed by atoms with Gasteiger partial charge >= 0.3 is 5.97 Å². The molecular formula is C14H26O7. The van der Waals surface area contributed by atoms with E-state index < -0.39 is 47.7 Å². The highest BCUT2D eigenvalue weighted by molar-refractivity contribution is 5.73. The number of aliphatic carboxylic acids is 1. The summed E-state index contributed by atoms with van der Waals surface area (Å²) in [6.45, 7) is 8.50. The van der Waals surface area contributed by atoms with Crippen molar-refractivity contribution in [2.75, 3.05) is 7.11 Å². The summed E-state index contributed by atoms with van der Waals surface area (Å²) >= 11 is 0. The van der Waals surface area contributed by atoms with E-state index >= 15 is 0 Å². The predicted molar refractivity (Wildman–Crippen MR) is 74.0 cm³/mol. The van der Waals surface area contributed by atoms with Crippen molar-refractivity contribution < 1.29 is 34.3 Å². The number of hydrogen-bond donors (Lipinski definition) is 3. The molecule has 4 unspecified atom stereocenters. The molecule has 3 N–H and O–H groups in total. The molecule has 7 heteroatoms. The number of ether oxygens (including phenoxy) is 3. The van der Waals surface area contributed by atoms with E-state index in [0.717, 1.165) is 0 Å². The number of carboxylic acid groups (broad SMARTS) is 1. The van der Waals surface area contributed by atoms with Crippen LogP contribution in [0.1, 0.15) is 34.6 Å². The Kier molecular flexibility index (Phi) is 5.39. The molecule has 0 spiro atoms. The maximum atomic E-state index is 11.4. The largest absolute Gasteiger partial charge is 0.479 e. The van der Waals surface area contributed by atoms with E-state index in [9.17, 15) is 20.1 Å². The van der Waals surface area contributed by atoms with E-state index in [4.69, 9.17) is 14.2 Å². The lowest BCUT2D eigenvalue weighted by atomic mass is 9.86. The highest BCUT2D eigenvalue weighted by Gasteiger charge is 2.53. The Labute approximate surface area is 124 Å². The van der Waals surface area contributed by atoms with Gasteiger partial charge in [0.1, 0.15) is 24.4 Å². The molecule has 1 aliphatic rings. The standard InChI is InChI=1S/C14H26O7/c1-13(2,3)21-9-7(15)8(16)11(14(4,5)19-6)20-10(9)12(17)18/h7-11,15-16H,1-6H3,(H,17,18)/t7?,8?,9-,10?,11?/m0/s1. The zero-order valence-corrected chi connectivity index (χ0v) is 13.4. The fourth-order valence-electron chi connectivity index (χ4n) is 2.30. The average Bonchev–Trinajstić information content (AvgIpc) is 2.33. The molecule has 1 saturated heterocycles. The molecule has 0 aromatic rings. The Bertz CT molecular complexity index is 374. The third-order valence-electron chi connectivity index (χ3n) is 3.53. The highest BCUT2D eigenvalue weighted by atomic mass is 16.6. The summed E-state index contributed by atoms with van der Waals surface area (Å²) in [5.41, 5.74) is -1.65. The number of carboxylic acids is 1. The first-order valence-electron chi connectivity index (χ1n) is 6.88. The van der Waals surface area contributed by atoms with Gasteiger partial charge in [-0.1, -0.05) is 0 Å². The van der Waals surface area contributed by atoms with E-state index in [0.29, 0.717) is 0 Å². The molecule has 0 saturated carbocycles. The molecule has 0 bridgehead atoms. The fourth-order valence-corrected chi connectivity index (χ4v) is 2.30. The van der Waals surface area contributed by atoms with Gasteiger partial charge in [0.25, 0.3) is 0 Å². The molecule has 124 valence electrons. The topological polar surface area (TPSA) is 105 Å². The monoisotopic (exact) mass is 306 g/mol. The van der Waals surface area contributed by atoms with Crippen molar-refractivity contribution in [3.63, 3.8) is 0 Å². The SMILES string of the molecule is COC(C)(C)C1OC(C(=O)O)[C@@H](OC(C)(C)C)C(O)C1O. The number of methoxy groups -OCH3 is 1. The van der Waals surface area contributed by atoms with Crippen LogP contribution in [-0.4, -0.2) is 70.1 Å². The molecule has 0 radical (unpaired) electrons. The van der Waals surface area contributed by atoms with Gasteiger partial charge < -0.3 is 29.5 Å². The molecule has 1 fully saturated rings. The lowest BCUT2D eigenvalue weighted by Crippen LogP contribution is -2.66. The van der Waals surface area contributed by atoms with Crippen LogP contribution in [0.15, 0.2) is 0 Å². The van der Waals surface area contributed by atoms with Gasteiger partial charge in [-0.2, -0.15) is 0 Å². The summed E-state index contributed by atoms with van der Waals surface area (Å²) in [5, 5.41) is 29.8. The third kappa shape index (κ3) is 4.14. The molecule has 1 rings (SSSR count). The van der Waals surface area contributed by atoms with E-state index in [1.807, 2.05) is 0 Å². The van der Waals surface area contributed by atoms with E-state index in [-0.39, 0.29) is 0 Å². The van der Waals surface area contributed by atoms with Crippen LogP contribution in [0, 0.1) is 0 Å². The van der Waals surface area contributed by atoms with Gasteiger partial charge in [-0.25, -0.2) is 4.79 Å². The van der Waals surface area contributed by atoms with Crippen molar-refractivity contribution in [1.82, 2.24) is 0 Å². The molecule has 5 atom stereocenters. The number of rotatable bonds is 4. The average molecular weight is 306 g/mol. The van der Waals surface area contributed by atoms with E-state index in [2.05, 4.69) is 0 Å². The lowest BCUT2D eigenvalue weighted by Gasteiger charge is -2.47. The summed E-state index contributed by atoms with van der Waals surface area (Å²) < 4.78 is 16.3. The molecule has 21 heavy (non-hydrogen) atoms. The Morgan fingerprint density at radius 1 is 1.10 bits per heavy atom. The van der Waals surface area contributed by atoms with Crippen LogP contribution in [-0.2, 0) is 19.0 Å². The summed E-state index contributed by atoms with van der Waals surface area (Å²) in [4.78, 5) is 11.4. The van der Waals surface area contributed by atoms with Crippen LogP contribution in [0.4, 0.5) is 0 Å². The minimum absolute atomic E-state index is 0.688. The number of carbonyl (C=O) groups is 1. The Morgan fingerprint density at radius 3 is 2.00 bits per heavy atom. The van der Waals surface area contributed by atoms with Crippen LogP contribution >= 0.6 is 0 Å². The minimum atomic E-state index is -1.39. The van der Waals surface area contributed by atoms with Gasteiger partial charge in [-0.15, -0.1) is 0 Å². The van der Waals surface area contributed by atoms with Crippen LogP contribution in [0.5, 0.6) is 0 Å². The molecule has 1 heterocycles. The summed E-state index contributed by atoms with van der Waals surface area (Å²) in [6.07, 6.45) is -6.25. The highest BCUT2D eigenvalue weighted by Crippen LogP contribution is 2.33. The minimum Gasteiger partial charge on any atom is -0.479 e. The third-order valence-corrected chi connectivity index (χ3v) is 3.53. The van der Waals surface area contributed by atoms with Crippen LogP contribution in [0.3, 0.4) is 0 Å². The summed E-state index contributed by atoms with van der Waals surface area (Å²) in [5.74, 6) is -1.26. The smallest absolute Gasteiger partial charge is 0.335 e. The van der Waals surface area contributed by atoms with Gasteiger partial charge in [0.05, 0.1) is 11.2 Å². The Hall–Kier alpha value is -0.730. The van der Waals surface area contributed by atoms with Crippen molar-refractivity contribution in [1.29, 1.82) is 0 Å². The van der Waals surface area contributed by atoms with Crippen LogP contribution in [0.25, 0.3) is 0 Å². The quantitative estimate of drug-likeness (QED) is 0.680. The Balaban J connectivity index is 3.08. The first-order chi connectivity index (χ1) is 9.40. The first kappa shape index (κ1) is 18.3. The van der Waals surface area contributed by atoms with E-state index in [1.165, 1.54) is 7.11 Å². The number of hydrogen-bond acceptors (Lipinski definition) is 6. The van der Waals surface area contributed by atoms with Gasteiger partial charge in [0, 0.05) is 7.11 Å². The number of aliphatic hydroxyl groups is 2. The van der Waals surface area contributed by atoms with Crippen molar-refractivity contribution >= 4 is 5.97 Å². The van der Waals surface area contributed by atoms with Crippen LogP contribution < -0.4 is 0 Å². The first-order valence-corrected chi connectivity index (χ1v) is 6.88. The fraction of sp³-hybridized carbons (Fsp3) is 0.929. The number of aliphatic hydroxyl groups excluding tert-OH is 2. The van der Waals surface area contributed by atoms with Crippen LogP contribution in [0.2, 0.25) is 0 Å². The predicted octanol–water partition coefficient (Wildman–Crippen LogP) is 0.169. The second-order valence-corrected chi connectivity index (χ2v) is 6.80. The van der Waals surface area contributed by atoms with Crippen molar-refractivity contribution in [2.24, 2.45) is 0 Å². The normalized spacial score (nSPS) is 34.8. The van der Waals surface area contributed by atoms with Gasteiger partial charge in [-0.05, 0) is 34.6 Å². The second kappa shape index (κ2) is 6.18. The van der Waals surface area contributed by atoms with Gasteiger partial charge in [-0.3, -0.25) is 0 Å². The lowest BCUT2D eigenvalue weighted by molar-refractivity contribution is -0.282.